The Morgan fingerprint density at radius 2 is 1.35 bits per heavy atom. The first-order valence-electron chi connectivity index (χ1n) is 23.1. The molecule has 0 radical (unpaired) electrons. The second-order valence-electron chi connectivity index (χ2n) is 16.9. The monoisotopic (exact) mass is 984 g/mol. The van der Waals surface area contributed by atoms with Crippen LogP contribution in [-0.2, 0) is 62.4 Å². The summed E-state index contributed by atoms with van der Waals surface area (Å²) >= 11 is 0. The predicted molar refractivity (Wildman–Crippen MR) is 262 cm³/mol. The molecule has 0 saturated carbocycles. The van der Waals surface area contributed by atoms with E-state index < -0.39 is 84.0 Å². The third kappa shape index (κ3) is 19.7. The number of benzene rings is 2. The van der Waals surface area contributed by atoms with Gasteiger partial charge in [0.05, 0.1) is 12.9 Å². The minimum atomic E-state index is -1.39. The van der Waals surface area contributed by atoms with Gasteiger partial charge < -0.3 is 69.7 Å². The van der Waals surface area contributed by atoms with E-state index in [1.807, 2.05) is 30.3 Å². The molecule has 0 saturated heterocycles. The van der Waals surface area contributed by atoms with Crippen molar-refractivity contribution >= 4 is 70.5 Å². The average molecular weight is 984 g/mol. The summed E-state index contributed by atoms with van der Waals surface area (Å²) in [4.78, 5) is 131. The van der Waals surface area contributed by atoms with Crippen molar-refractivity contribution in [3.63, 3.8) is 0 Å². The van der Waals surface area contributed by atoms with Gasteiger partial charge >= 0.3 is 0 Å². The molecule has 24 nitrogen and oxygen atoms in total. The second kappa shape index (κ2) is 28.9. The van der Waals surface area contributed by atoms with Crippen molar-refractivity contribution in [2.75, 3.05) is 19.6 Å². The van der Waals surface area contributed by atoms with E-state index in [9.17, 15) is 43.2 Å². The fraction of sp³-hybridized carbons (Fsp3) is 0.426. The maximum Gasteiger partial charge on any atom is 0.243 e. The number of imidazole rings is 1. The fourth-order valence-electron chi connectivity index (χ4n) is 7.45. The standard InChI is InChI=1S/C47H65N15O9/c1-28(10-8-19-53-47(49)50)58-45(70)38(20-30-11-4-3-5-12-30)61-46(71)39(22-32-24-51-26-56-32)62-44(69)36(59-41(66)25-54-29(2)64)16-17-40(65)52-18-9-15-35(57-27-63)43(68)60-37(42(48)67)21-31-23-55-34-14-7-6-13-33(31)34/h3-7,11-14,23-24,26-28,35-39,55H,8-10,15-22,25H2,1-2H3,(H2,48,67)(H,51,56)(H,52,65)(H,54,64)(H,57,63)(H,58,70)(H,59,66)(H,60,68)(H,61,71)(H,62,69)(H4,49,50,53)/t28-,35?,36?,37+,38?,39+/m1/s1. The average Bonchev–Trinajstić information content (AvgIpc) is 4.01. The van der Waals surface area contributed by atoms with Crippen molar-refractivity contribution in [3.05, 3.63) is 90.1 Å². The number of H-pyrrole nitrogens is 2. The lowest BCUT2D eigenvalue weighted by Gasteiger charge is -2.26. The van der Waals surface area contributed by atoms with Gasteiger partial charge in [-0.3, -0.25) is 48.1 Å². The van der Waals surface area contributed by atoms with Crippen LogP contribution in [0.1, 0.15) is 69.2 Å². The van der Waals surface area contributed by atoms with Crippen LogP contribution >= 0.6 is 0 Å². The van der Waals surface area contributed by atoms with Gasteiger partial charge in [-0.25, -0.2) is 4.98 Å². The van der Waals surface area contributed by atoms with E-state index in [1.165, 1.54) is 19.4 Å². The van der Waals surface area contributed by atoms with Crippen LogP contribution < -0.4 is 59.7 Å². The van der Waals surface area contributed by atoms with Crippen LogP contribution in [0, 0.1) is 0 Å². The number of hydrogen-bond acceptors (Lipinski definition) is 11. The molecule has 0 fully saturated rings. The summed E-state index contributed by atoms with van der Waals surface area (Å²) in [7, 11) is 0. The zero-order valence-corrected chi connectivity index (χ0v) is 39.8. The van der Waals surface area contributed by atoms with E-state index in [0.29, 0.717) is 31.5 Å². The highest BCUT2D eigenvalue weighted by molar-refractivity contribution is 5.95. The number of aromatic nitrogens is 3. The number of nitrogens with one attached hydrogen (secondary N) is 10. The van der Waals surface area contributed by atoms with Crippen LogP contribution in [0.4, 0.5) is 0 Å². The Hall–Kier alpha value is -8.31. The van der Waals surface area contributed by atoms with Gasteiger partial charge in [0.15, 0.2) is 5.96 Å². The molecule has 71 heavy (non-hydrogen) atoms. The second-order valence-corrected chi connectivity index (χ2v) is 16.9. The van der Waals surface area contributed by atoms with Gasteiger partial charge in [0.25, 0.3) is 0 Å². The highest BCUT2D eigenvalue weighted by Gasteiger charge is 2.32. The van der Waals surface area contributed by atoms with E-state index in [4.69, 9.17) is 17.2 Å². The normalized spacial score (nSPS) is 13.4. The topological polar surface area (TPSA) is 385 Å². The highest BCUT2D eigenvalue weighted by atomic mass is 16.2. The highest BCUT2D eigenvalue weighted by Crippen LogP contribution is 2.19. The number of guanidine groups is 1. The molecule has 2 aromatic carbocycles. The largest absolute Gasteiger partial charge is 0.370 e. The Labute approximate surface area is 410 Å². The quantitative estimate of drug-likeness (QED) is 0.0111. The summed E-state index contributed by atoms with van der Waals surface area (Å²) in [6.45, 7) is 2.92. The maximum atomic E-state index is 14.2. The van der Waals surface area contributed by atoms with Gasteiger partial charge in [-0.15, -0.1) is 0 Å². The van der Waals surface area contributed by atoms with E-state index in [0.717, 1.165) is 22.0 Å². The van der Waals surface area contributed by atoms with Crippen molar-refractivity contribution < 1.29 is 43.2 Å². The number of primary amides is 1. The van der Waals surface area contributed by atoms with Crippen LogP contribution in [0.15, 0.2) is 78.3 Å². The SMILES string of the molecule is CC(=O)NCC(=O)NC(CCC(=O)NCCCC(NC=O)C(=O)N[C@@H](Cc1c[nH]c2ccccc12)C(N)=O)C(=O)N[C@@H](Cc1cnc[nH]1)C(=O)NC(Cc1ccccc1)C(=O)N[C@H](C)CCCN=C(N)N. The number of aliphatic imine (C=N–C) groups is 1. The van der Waals surface area contributed by atoms with E-state index >= 15 is 0 Å². The van der Waals surface area contributed by atoms with Crippen molar-refractivity contribution in [2.24, 2.45) is 22.2 Å². The lowest BCUT2D eigenvalue weighted by molar-refractivity contribution is -0.134. The van der Waals surface area contributed by atoms with Crippen LogP contribution in [-0.4, -0.2) is 130 Å². The molecular formula is C47H65N15O9. The molecule has 0 spiro atoms. The molecule has 0 aliphatic carbocycles. The summed E-state index contributed by atoms with van der Waals surface area (Å²) in [6, 6.07) is 10.1. The number of aromatic amines is 2. The first-order chi connectivity index (χ1) is 34.0. The van der Waals surface area contributed by atoms with Gasteiger partial charge in [0.1, 0.15) is 30.2 Å². The Morgan fingerprint density at radius 3 is 2.03 bits per heavy atom. The Morgan fingerprint density at radius 1 is 0.690 bits per heavy atom. The zero-order chi connectivity index (χ0) is 51.7. The van der Waals surface area contributed by atoms with Gasteiger partial charge in [-0.2, -0.15) is 0 Å². The van der Waals surface area contributed by atoms with Crippen LogP contribution in [0.2, 0.25) is 0 Å². The summed E-state index contributed by atoms with van der Waals surface area (Å²) in [5.41, 5.74) is 19.3. The lowest BCUT2D eigenvalue weighted by atomic mass is 10.0. The number of carbonyl (C=O) groups is 9. The lowest BCUT2D eigenvalue weighted by Crippen LogP contribution is -2.58. The van der Waals surface area contributed by atoms with Gasteiger partial charge in [-0.05, 0) is 56.2 Å². The van der Waals surface area contributed by atoms with Crippen molar-refractivity contribution in [1.82, 2.24) is 57.5 Å². The van der Waals surface area contributed by atoms with Crippen LogP contribution in [0.3, 0.4) is 0 Å². The number of carbonyl (C=O) groups excluding carboxylic acids is 9. The molecule has 24 heteroatoms. The number of para-hydroxylation sites is 1. The third-order valence-corrected chi connectivity index (χ3v) is 11.2. The molecule has 3 unspecified atom stereocenters. The van der Waals surface area contributed by atoms with E-state index in [1.54, 1.807) is 37.4 Å². The molecule has 0 bridgehead atoms. The Bertz CT molecular complexity index is 2440. The number of fused-ring (bicyclic) bond motifs is 1. The molecule has 0 aliphatic rings. The molecule has 4 rings (SSSR count). The molecule has 2 heterocycles. The van der Waals surface area contributed by atoms with Gasteiger partial charge in [-0.1, -0.05) is 48.5 Å². The minimum Gasteiger partial charge on any atom is -0.370 e. The summed E-state index contributed by atoms with van der Waals surface area (Å²) in [5, 5.41) is 21.8. The summed E-state index contributed by atoms with van der Waals surface area (Å²) < 4.78 is 0. The summed E-state index contributed by atoms with van der Waals surface area (Å²) in [6.07, 6.45) is 5.79. The number of amides is 9. The number of rotatable bonds is 31. The summed E-state index contributed by atoms with van der Waals surface area (Å²) in [5.74, 6) is -5.34. The van der Waals surface area contributed by atoms with Crippen LogP contribution in [0.5, 0.6) is 0 Å². The molecule has 16 N–H and O–H groups in total. The van der Waals surface area contributed by atoms with Gasteiger partial charge in [0.2, 0.25) is 53.7 Å². The number of nitrogens with zero attached hydrogens (tertiary/aromatic N) is 2. The van der Waals surface area contributed by atoms with Gasteiger partial charge in [0, 0.05) is 80.7 Å². The van der Waals surface area contributed by atoms with Crippen molar-refractivity contribution in [3.8, 4) is 0 Å². The third-order valence-electron chi connectivity index (χ3n) is 11.2. The van der Waals surface area contributed by atoms with Crippen molar-refractivity contribution in [2.45, 2.75) is 108 Å². The number of hydrogen-bond donors (Lipinski definition) is 13. The molecule has 4 aromatic rings. The first kappa shape index (κ1) is 55.3. The number of nitrogens with two attached hydrogens (primary N) is 3. The first-order valence-corrected chi connectivity index (χ1v) is 23.1. The molecule has 2 aromatic heterocycles. The molecule has 9 amide bonds. The molecular weight excluding hydrogens is 919 g/mol. The molecule has 6 atom stereocenters. The zero-order valence-electron chi connectivity index (χ0n) is 39.8. The molecule has 0 aliphatic heterocycles. The fourth-order valence-corrected chi connectivity index (χ4v) is 7.45. The van der Waals surface area contributed by atoms with E-state index in [2.05, 4.69) is 62.5 Å². The Balaban J connectivity index is 1.40. The van der Waals surface area contributed by atoms with E-state index in [-0.39, 0.29) is 63.5 Å². The maximum absolute atomic E-state index is 14.2. The minimum absolute atomic E-state index is 0.0321. The van der Waals surface area contributed by atoms with Crippen LogP contribution in [0.25, 0.3) is 10.9 Å². The predicted octanol–water partition coefficient (Wildman–Crippen LogP) is -2.17. The molecule has 382 valence electrons. The Kier molecular flexibility index (Phi) is 22.5. The smallest absolute Gasteiger partial charge is 0.243 e. The van der Waals surface area contributed by atoms with Crippen molar-refractivity contribution in [1.29, 1.82) is 0 Å².